The summed E-state index contributed by atoms with van der Waals surface area (Å²) in [5, 5.41) is 0. The van der Waals surface area contributed by atoms with Crippen LogP contribution < -0.4 is 0 Å². The van der Waals surface area contributed by atoms with Crippen LogP contribution in [0.3, 0.4) is 0 Å². The van der Waals surface area contributed by atoms with Gasteiger partial charge in [0, 0.05) is 19.0 Å². The Morgan fingerprint density at radius 3 is 2.67 bits per heavy atom. The summed E-state index contributed by atoms with van der Waals surface area (Å²) in [6.07, 6.45) is 7.32. The predicted octanol–water partition coefficient (Wildman–Crippen LogP) is 3.36. The predicted molar refractivity (Wildman–Crippen MR) is 71.7 cm³/mol. The molecule has 1 aliphatic rings. The fourth-order valence-electron chi connectivity index (χ4n) is 2.20. The minimum absolute atomic E-state index is 0.213. The van der Waals surface area contributed by atoms with E-state index in [0.717, 1.165) is 49.2 Å². The van der Waals surface area contributed by atoms with Gasteiger partial charge in [0.15, 0.2) is 5.78 Å². The Balaban J connectivity index is 2.16. The summed E-state index contributed by atoms with van der Waals surface area (Å²) >= 11 is 0. The van der Waals surface area contributed by atoms with Crippen molar-refractivity contribution in [2.45, 2.75) is 59.3 Å². The van der Waals surface area contributed by atoms with Gasteiger partial charge < -0.3 is 0 Å². The van der Waals surface area contributed by atoms with Crippen LogP contribution in [0.4, 0.5) is 0 Å². The van der Waals surface area contributed by atoms with Gasteiger partial charge in [0.05, 0.1) is 11.3 Å². The molecular weight excluding hydrogens is 224 g/mol. The fourth-order valence-corrected chi connectivity index (χ4v) is 2.20. The van der Waals surface area contributed by atoms with E-state index >= 15 is 0 Å². The molecule has 0 atom stereocenters. The van der Waals surface area contributed by atoms with Crippen LogP contribution in [0.15, 0.2) is 6.20 Å². The summed E-state index contributed by atoms with van der Waals surface area (Å²) in [6, 6.07) is 0. The van der Waals surface area contributed by atoms with E-state index in [-0.39, 0.29) is 5.78 Å². The summed E-state index contributed by atoms with van der Waals surface area (Å²) < 4.78 is 0. The molecule has 0 radical (unpaired) electrons. The maximum absolute atomic E-state index is 11.9. The molecule has 0 bridgehead atoms. The number of aryl methyl sites for hydroxylation is 2. The van der Waals surface area contributed by atoms with Gasteiger partial charge in [0.2, 0.25) is 0 Å². The highest BCUT2D eigenvalue weighted by Crippen LogP contribution is 2.22. The third-order valence-electron chi connectivity index (χ3n) is 3.38. The van der Waals surface area contributed by atoms with Gasteiger partial charge in [0.1, 0.15) is 5.82 Å². The maximum atomic E-state index is 11.9. The van der Waals surface area contributed by atoms with Gasteiger partial charge in [-0.15, -0.1) is 0 Å². The maximum Gasteiger partial charge on any atom is 0.166 e. The average Bonchev–Trinajstić information content (AvgIpc) is 2.48. The van der Waals surface area contributed by atoms with E-state index in [1.54, 1.807) is 6.20 Å². The second-order valence-electron chi connectivity index (χ2n) is 6.34. The third kappa shape index (κ3) is 3.37. The van der Waals surface area contributed by atoms with Gasteiger partial charge in [-0.2, -0.15) is 0 Å². The van der Waals surface area contributed by atoms with Crippen LogP contribution in [0.5, 0.6) is 0 Å². The van der Waals surface area contributed by atoms with Crippen LogP contribution in [-0.2, 0) is 12.8 Å². The Morgan fingerprint density at radius 2 is 1.94 bits per heavy atom. The summed E-state index contributed by atoms with van der Waals surface area (Å²) in [7, 11) is 0. The van der Waals surface area contributed by atoms with Crippen molar-refractivity contribution in [3.8, 4) is 0 Å². The molecule has 1 aromatic rings. The average molecular weight is 246 g/mol. The van der Waals surface area contributed by atoms with Gasteiger partial charge >= 0.3 is 0 Å². The molecule has 0 aliphatic heterocycles. The van der Waals surface area contributed by atoms with Crippen LogP contribution in [0, 0.1) is 5.41 Å². The minimum Gasteiger partial charge on any atom is -0.294 e. The number of aromatic nitrogens is 2. The molecule has 0 saturated heterocycles. The molecular formula is C15H22N2O. The third-order valence-corrected chi connectivity index (χ3v) is 3.38. The van der Waals surface area contributed by atoms with Crippen LogP contribution in [0.2, 0.25) is 0 Å². The van der Waals surface area contributed by atoms with Gasteiger partial charge in [-0.3, -0.25) is 4.79 Å². The van der Waals surface area contributed by atoms with Gasteiger partial charge in [0.25, 0.3) is 0 Å². The minimum atomic E-state index is 0.213. The summed E-state index contributed by atoms with van der Waals surface area (Å²) in [5.41, 5.74) is 2.02. The molecule has 3 nitrogen and oxygen atoms in total. The van der Waals surface area contributed by atoms with E-state index in [1.807, 2.05) is 0 Å². The van der Waals surface area contributed by atoms with Crippen LogP contribution in [-0.4, -0.2) is 15.8 Å². The van der Waals surface area contributed by atoms with Crippen molar-refractivity contribution >= 4 is 5.78 Å². The Morgan fingerprint density at radius 1 is 1.22 bits per heavy atom. The van der Waals surface area contributed by atoms with E-state index in [1.165, 1.54) is 0 Å². The molecule has 3 heteroatoms. The molecule has 1 heterocycles. The van der Waals surface area contributed by atoms with Crippen molar-refractivity contribution in [3.05, 3.63) is 23.3 Å². The van der Waals surface area contributed by atoms with E-state index in [9.17, 15) is 4.79 Å². The molecule has 0 fully saturated rings. The van der Waals surface area contributed by atoms with E-state index in [2.05, 4.69) is 30.7 Å². The first-order valence-corrected chi connectivity index (χ1v) is 6.84. The largest absolute Gasteiger partial charge is 0.294 e. The van der Waals surface area contributed by atoms with E-state index in [0.29, 0.717) is 11.8 Å². The lowest BCUT2D eigenvalue weighted by Gasteiger charge is -2.17. The second kappa shape index (κ2) is 5.17. The lowest BCUT2D eigenvalue weighted by Crippen LogP contribution is -2.11. The molecule has 2 rings (SSSR count). The lowest BCUT2D eigenvalue weighted by atomic mass is 9.90. The quantitative estimate of drug-likeness (QED) is 0.751. The number of Topliss-reactive ketones (excluding diaryl/α,β-unsaturated/α-hetero) is 1. The molecule has 1 aromatic heterocycles. The monoisotopic (exact) mass is 246 g/mol. The number of hydrogen-bond acceptors (Lipinski definition) is 3. The lowest BCUT2D eigenvalue weighted by molar-refractivity contribution is 0.0981. The zero-order valence-electron chi connectivity index (χ0n) is 11.6. The summed E-state index contributed by atoms with van der Waals surface area (Å²) in [6.45, 7) is 6.67. The molecule has 0 amide bonds. The normalized spacial score (nSPS) is 16.3. The zero-order chi connectivity index (χ0) is 13.2. The molecule has 0 N–H and O–H groups in total. The number of ketones is 1. The highest BCUT2D eigenvalue weighted by atomic mass is 16.1. The molecule has 18 heavy (non-hydrogen) atoms. The first-order chi connectivity index (χ1) is 8.46. The SMILES string of the molecule is CC(C)(C)CCc1ncc2c(n1)CCCCC2=O. The summed E-state index contributed by atoms with van der Waals surface area (Å²) in [4.78, 5) is 20.8. The van der Waals surface area contributed by atoms with E-state index < -0.39 is 0 Å². The number of carbonyl (C=O) groups excluding carboxylic acids is 1. The van der Waals surface area contributed by atoms with Crippen molar-refractivity contribution in [3.63, 3.8) is 0 Å². The van der Waals surface area contributed by atoms with E-state index in [4.69, 9.17) is 0 Å². The zero-order valence-corrected chi connectivity index (χ0v) is 11.6. The number of rotatable bonds is 2. The number of nitrogens with zero attached hydrogens (tertiary/aromatic N) is 2. The Bertz CT molecular complexity index is 446. The molecule has 0 unspecified atom stereocenters. The number of fused-ring (bicyclic) bond motifs is 1. The molecule has 0 saturated carbocycles. The van der Waals surface area contributed by atoms with Gasteiger partial charge in [-0.25, -0.2) is 9.97 Å². The summed E-state index contributed by atoms with van der Waals surface area (Å²) in [5.74, 6) is 1.10. The first-order valence-electron chi connectivity index (χ1n) is 6.84. The topological polar surface area (TPSA) is 42.9 Å². The van der Waals surface area contributed by atoms with Crippen molar-refractivity contribution in [1.29, 1.82) is 0 Å². The fraction of sp³-hybridized carbons (Fsp3) is 0.667. The highest BCUT2D eigenvalue weighted by Gasteiger charge is 2.18. The van der Waals surface area contributed by atoms with Gasteiger partial charge in [-0.1, -0.05) is 20.8 Å². The molecule has 0 aromatic carbocycles. The second-order valence-corrected chi connectivity index (χ2v) is 6.34. The van der Waals surface area contributed by atoms with Crippen molar-refractivity contribution < 1.29 is 4.79 Å². The molecule has 1 aliphatic carbocycles. The number of carbonyl (C=O) groups is 1. The van der Waals surface area contributed by atoms with Crippen LogP contribution >= 0.6 is 0 Å². The van der Waals surface area contributed by atoms with Crippen LogP contribution in [0.1, 0.15) is 68.3 Å². The van der Waals surface area contributed by atoms with Gasteiger partial charge in [-0.05, 0) is 31.1 Å². The molecule has 98 valence electrons. The number of hydrogen-bond donors (Lipinski definition) is 0. The Kier molecular flexibility index (Phi) is 3.79. The van der Waals surface area contributed by atoms with Crippen molar-refractivity contribution in [2.24, 2.45) is 5.41 Å². The Labute approximate surface area is 109 Å². The first kappa shape index (κ1) is 13.2. The van der Waals surface area contributed by atoms with Crippen LogP contribution in [0.25, 0.3) is 0 Å². The highest BCUT2D eigenvalue weighted by molar-refractivity contribution is 5.97. The smallest absolute Gasteiger partial charge is 0.166 e. The van der Waals surface area contributed by atoms with Crippen molar-refractivity contribution in [2.75, 3.05) is 0 Å². The van der Waals surface area contributed by atoms with Crippen molar-refractivity contribution in [1.82, 2.24) is 9.97 Å². The molecule has 0 spiro atoms. The Hall–Kier alpha value is -1.25. The standard InChI is InChI=1S/C15H22N2O/c1-15(2,3)9-8-14-16-10-11-12(17-14)6-4-5-7-13(11)18/h10H,4-9H2,1-3H3.